The summed E-state index contributed by atoms with van der Waals surface area (Å²) in [7, 11) is -1.86. The van der Waals surface area contributed by atoms with Crippen molar-refractivity contribution in [2.45, 2.75) is 23.3 Å². The van der Waals surface area contributed by atoms with Crippen molar-refractivity contribution >= 4 is 26.7 Å². The van der Waals surface area contributed by atoms with Crippen LogP contribution in [0.15, 0.2) is 82.6 Å². The monoisotopic (exact) mass is 535 g/mol. The van der Waals surface area contributed by atoms with Crippen LogP contribution in [0, 0.1) is 5.82 Å². The SMILES string of the molecule is CCOC(=O)c1c(CN2CCN(C)CC2)n(-c2ccccc2)c2ccc(S(=O)(=O)c3ccc(F)cc3)cc12. The van der Waals surface area contributed by atoms with Gasteiger partial charge >= 0.3 is 5.97 Å². The largest absolute Gasteiger partial charge is 0.462 e. The van der Waals surface area contributed by atoms with Crippen molar-refractivity contribution in [1.29, 1.82) is 0 Å². The van der Waals surface area contributed by atoms with Crippen LogP contribution in [-0.4, -0.2) is 68.6 Å². The van der Waals surface area contributed by atoms with Gasteiger partial charge in [0.15, 0.2) is 0 Å². The Morgan fingerprint density at radius 2 is 1.58 bits per heavy atom. The summed E-state index contributed by atoms with van der Waals surface area (Å²) in [6.45, 7) is 5.97. The van der Waals surface area contributed by atoms with Crippen molar-refractivity contribution in [3.05, 3.63) is 89.9 Å². The third kappa shape index (κ3) is 4.97. The molecule has 5 rings (SSSR count). The van der Waals surface area contributed by atoms with E-state index in [0.29, 0.717) is 23.0 Å². The van der Waals surface area contributed by atoms with Crippen molar-refractivity contribution < 1.29 is 22.3 Å². The summed E-state index contributed by atoms with van der Waals surface area (Å²) in [5.74, 6) is -1.01. The van der Waals surface area contributed by atoms with Crippen molar-refractivity contribution in [3.63, 3.8) is 0 Å². The lowest BCUT2D eigenvalue weighted by Gasteiger charge is -2.32. The minimum Gasteiger partial charge on any atom is -0.462 e. The van der Waals surface area contributed by atoms with E-state index in [0.717, 1.165) is 49.7 Å². The summed E-state index contributed by atoms with van der Waals surface area (Å²) in [6, 6.07) is 19.2. The molecule has 0 aliphatic carbocycles. The molecular formula is C29H30FN3O4S. The van der Waals surface area contributed by atoms with Crippen molar-refractivity contribution in [1.82, 2.24) is 14.4 Å². The Bertz CT molecular complexity index is 1560. The predicted molar refractivity (Wildman–Crippen MR) is 144 cm³/mol. The molecule has 3 aromatic carbocycles. The number of piperazine rings is 1. The summed E-state index contributed by atoms with van der Waals surface area (Å²) in [4.78, 5) is 18.0. The summed E-state index contributed by atoms with van der Waals surface area (Å²) in [5, 5.41) is 0.500. The van der Waals surface area contributed by atoms with Gasteiger partial charge in [0, 0.05) is 43.8 Å². The number of sulfone groups is 1. The molecule has 2 heterocycles. The molecule has 4 aromatic rings. The van der Waals surface area contributed by atoms with E-state index in [1.54, 1.807) is 13.0 Å². The second kappa shape index (κ2) is 10.7. The molecular weight excluding hydrogens is 505 g/mol. The topological polar surface area (TPSA) is 71.8 Å². The normalized spacial score (nSPS) is 15.1. The molecule has 0 atom stereocenters. The van der Waals surface area contributed by atoms with Gasteiger partial charge in [0.2, 0.25) is 9.84 Å². The summed E-state index contributed by atoms with van der Waals surface area (Å²) < 4.78 is 47.9. The number of hydrogen-bond acceptors (Lipinski definition) is 6. The standard InChI is InChI=1S/C29H30FN3O4S/c1-3-37-29(34)28-25-19-24(38(35,36)23-11-9-21(30)10-12-23)13-14-26(25)33(22-7-5-4-6-8-22)27(28)20-32-17-15-31(2)16-18-32/h4-14,19H,3,15-18,20H2,1-2H3. The molecule has 0 unspecified atom stereocenters. The summed E-state index contributed by atoms with van der Waals surface area (Å²) in [5.41, 5.74) is 2.69. The Labute approximate surface area is 222 Å². The highest BCUT2D eigenvalue weighted by molar-refractivity contribution is 7.91. The molecule has 1 fully saturated rings. The first kappa shape index (κ1) is 26.1. The molecule has 9 heteroatoms. The first-order valence-corrected chi connectivity index (χ1v) is 14.1. The first-order valence-electron chi connectivity index (χ1n) is 12.6. The van der Waals surface area contributed by atoms with Gasteiger partial charge in [-0.1, -0.05) is 18.2 Å². The van der Waals surface area contributed by atoms with E-state index < -0.39 is 21.6 Å². The molecule has 1 aromatic heterocycles. The van der Waals surface area contributed by atoms with Gasteiger partial charge in [0.1, 0.15) is 5.82 Å². The molecule has 1 aliphatic rings. The van der Waals surface area contributed by atoms with E-state index in [1.165, 1.54) is 24.3 Å². The molecule has 0 radical (unpaired) electrons. The Morgan fingerprint density at radius 3 is 2.24 bits per heavy atom. The molecule has 198 valence electrons. The zero-order valence-corrected chi connectivity index (χ0v) is 22.2. The predicted octanol–water partition coefficient (Wildman–Crippen LogP) is 4.53. The van der Waals surface area contributed by atoms with Crippen LogP contribution in [0.4, 0.5) is 4.39 Å². The number of nitrogens with zero attached hydrogens (tertiary/aromatic N) is 3. The third-order valence-corrected chi connectivity index (χ3v) is 8.70. The number of para-hydroxylation sites is 1. The van der Waals surface area contributed by atoms with Gasteiger partial charge in [-0.15, -0.1) is 0 Å². The highest BCUT2D eigenvalue weighted by Crippen LogP contribution is 2.34. The van der Waals surface area contributed by atoms with Crippen LogP contribution in [0.2, 0.25) is 0 Å². The van der Waals surface area contributed by atoms with Gasteiger partial charge in [-0.3, -0.25) is 4.90 Å². The fourth-order valence-corrected chi connectivity index (χ4v) is 6.20. The zero-order valence-electron chi connectivity index (χ0n) is 21.4. The summed E-state index contributed by atoms with van der Waals surface area (Å²) >= 11 is 0. The van der Waals surface area contributed by atoms with Gasteiger partial charge in [0.05, 0.1) is 33.2 Å². The molecule has 0 saturated carbocycles. The van der Waals surface area contributed by atoms with E-state index in [2.05, 4.69) is 16.8 Å². The van der Waals surface area contributed by atoms with Gasteiger partial charge in [0.25, 0.3) is 0 Å². The smallest absolute Gasteiger partial charge is 0.340 e. The molecule has 0 amide bonds. The van der Waals surface area contributed by atoms with Gasteiger partial charge in [-0.05, 0) is 68.6 Å². The minimum atomic E-state index is -3.95. The molecule has 38 heavy (non-hydrogen) atoms. The number of aromatic nitrogens is 1. The Balaban J connectivity index is 1.73. The molecule has 1 saturated heterocycles. The molecule has 7 nitrogen and oxygen atoms in total. The minimum absolute atomic E-state index is 0.0175. The van der Waals surface area contributed by atoms with E-state index >= 15 is 0 Å². The quantitative estimate of drug-likeness (QED) is 0.256. The Morgan fingerprint density at radius 1 is 0.921 bits per heavy atom. The fourth-order valence-electron chi connectivity index (χ4n) is 4.91. The maximum atomic E-state index is 13.5. The third-order valence-electron chi connectivity index (χ3n) is 6.93. The van der Waals surface area contributed by atoms with E-state index in [4.69, 9.17) is 4.74 Å². The Hall–Kier alpha value is -3.53. The number of benzene rings is 3. The molecule has 0 spiro atoms. The molecule has 0 N–H and O–H groups in total. The zero-order chi connectivity index (χ0) is 26.9. The summed E-state index contributed by atoms with van der Waals surface area (Å²) in [6.07, 6.45) is 0. The van der Waals surface area contributed by atoms with E-state index in [1.807, 2.05) is 34.9 Å². The number of carbonyl (C=O) groups is 1. The number of carbonyl (C=O) groups excluding carboxylic acids is 1. The number of ether oxygens (including phenoxy) is 1. The maximum absolute atomic E-state index is 13.5. The average Bonchev–Trinajstić information content (AvgIpc) is 3.24. The second-order valence-corrected chi connectivity index (χ2v) is 11.4. The van der Waals surface area contributed by atoms with Gasteiger partial charge in [-0.25, -0.2) is 17.6 Å². The second-order valence-electron chi connectivity index (χ2n) is 9.43. The lowest BCUT2D eigenvalue weighted by Crippen LogP contribution is -2.44. The van der Waals surface area contributed by atoms with Gasteiger partial charge in [-0.2, -0.15) is 0 Å². The van der Waals surface area contributed by atoms with Crippen LogP contribution < -0.4 is 0 Å². The average molecular weight is 536 g/mol. The fraction of sp³-hybridized carbons (Fsp3) is 0.276. The highest BCUT2D eigenvalue weighted by atomic mass is 32.2. The number of esters is 1. The highest BCUT2D eigenvalue weighted by Gasteiger charge is 2.29. The Kier molecular flexibility index (Phi) is 7.34. The lowest BCUT2D eigenvalue weighted by molar-refractivity contribution is 0.0525. The number of hydrogen-bond donors (Lipinski definition) is 0. The number of likely N-dealkylation sites (N-methyl/N-ethyl adjacent to an activating group) is 1. The van der Waals surface area contributed by atoms with Crippen molar-refractivity contribution in [3.8, 4) is 5.69 Å². The van der Waals surface area contributed by atoms with Crippen LogP contribution in [0.5, 0.6) is 0 Å². The number of halogens is 1. The first-order chi connectivity index (χ1) is 18.3. The van der Waals surface area contributed by atoms with Crippen LogP contribution in [-0.2, 0) is 21.1 Å². The van der Waals surface area contributed by atoms with Crippen LogP contribution in [0.25, 0.3) is 16.6 Å². The van der Waals surface area contributed by atoms with Gasteiger partial charge < -0.3 is 14.2 Å². The van der Waals surface area contributed by atoms with Crippen LogP contribution in [0.3, 0.4) is 0 Å². The molecule has 1 aliphatic heterocycles. The maximum Gasteiger partial charge on any atom is 0.340 e. The number of rotatable bonds is 7. The van der Waals surface area contributed by atoms with Crippen LogP contribution in [0.1, 0.15) is 23.0 Å². The van der Waals surface area contributed by atoms with Crippen molar-refractivity contribution in [2.75, 3.05) is 39.8 Å². The lowest BCUT2D eigenvalue weighted by atomic mass is 10.1. The number of fused-ring (bicyclic) bond motifs is 1. The van der Waals surface area contributed by atoms with Crippen molar-refractivity contribution in [2.24, 2.45) is 0 Å². The van der Waals surface area contributed by atoms with E-state index in [9.17, 15) is 17.6 Å². The van der Waals surface area contributed by atoms with E-state index in [-0.39, 0.29) is 16.4 Å². The molecule has 0 bridgehead atoms. The van der Waals surface area contributed by atoms with Crippen LogP contribution >= 0.6 is 0 Å².